The van der Waals surface area contributed by atoms with Crippen LogP contribution in [0, 0.1) is 0 Å². The van der Waals surface area contributed by atoms with Crippen molar-refractivity contribution in [3.63, 3.8) is 0 Å². The Morgan fingerprint density at radius 2 is 1.79 bits per heavy atom. The minimum atomic E-state index is -4.44. The van der Waals surface area contributed by atoms with E-state index >= 15 is 0 Å². The standard InChI is InChI=1S/C15H19F3N2O3S/c16-15(17,18)11-6-7-14(19-8-11)23-12-9-20(10-12)24(21,22)13-4-2-1-3-5-13/h6-8,12-13H,1-5,9-10H2. The summed E-state index contributed by atoms with van der Waals surface area (Å²) >= 11 is 0. The molecule has 0 aromatic carbocycles. The Hall–Kier alpha value is -1.35. The van der Waals surface area contributed by atoms with Crippen LogP contribution in [0.3, 0.4) is 0 Å². The van der Waals surface area contributed by atoms with E-state index in [1.165, 1.54) is 4.31 Å². The van der Waals surface area contributed by atoms with Gasteiger partial charge in [0.15, 0.2) is 0 Å². The summed E-state index contributed by atoms with van der Waals surface area (Å²) in [5.41, 5.74) is -0.843. The first-order valence-electron chi connectivity index (χ1n) is 7.95. The van der Waals surface area contributed by atoms with Crippen LogP contribution in [-0.4, -0.2) is 42.2 Å². The summed E-state index contributed by atoms with van der Waals surface area (Å²) in [6, 6.07) is 2.05. The Labute approximate surface area is 138 Å². The van der Waals surface area contributed by atoms with E-state index in [-0.39, 0.29) is 30.3 Å². The molecule has 1 aromatic rings. The topological polar surface area (TPSA) is 59.5 Å². The van der Waals surface area contributed by atoms with Crippen molar-refractivity contribution in [2.45, 2.75) is 49.6 Å². The summed E-state index contributed by atoms with van der Waals surface area (Å²) in [4.78, 5) is 3.63. The van der Waals surface area contributed by atoms with Gasteiger partial charge in [0.1, 0.15) is 6.10 Å². The molecule has 1 aliphatic heterocycles. The largest absolute Gasteiger partial charge is 0.472 e. The summed E-state index contributed by atoms with van der Waals surface area (Å²) < 4.78 is 69.1. The van der Waals surface area contributed by atoms with Crippen molar-refractivity contribution >= 4 is 10.0 Å². The van der Waals surface area contributed by atoms with Gasteiger partial charge in [-0.25, -0.2) is 13.4 Å². The molecule has 1 aliphatic carbocycles. The Bertz CT molecular complexity index is 664. The molecule has 0 unspecified atom stereocenters. The van der Waals surface area contributed by atoms with Gasteiger partial charge in [-0.2, -0.15) is 17.5 Å². The van der Waals surface area contributed by atoms with Crippen LogP contribution < -0.4 is 4.74 Å². The SMILES string of the molecule is O=S(=O)(C1CCCCC1)N1CC(Oc2ccc(C(F)(F)F)cn2)C1. The molecule has 24 heavy (non-hydrogen) atoms. The van der Waals surface area contributed by atoms with Crippen LogP contribution in [0.25, 0.3) is 0 Å². The summed E-state index contributed by atoms with van der Waals surface area (Å²) in [5, 5.41) is -0.309. The molecular formula is C15H19F3N2O3S. The highest BCUT2D eigenvalue weighted by atomic mass is 32.2. The summed E-state index contributed by atoms with van der Waals surface area (Å²) in [7, 11) is -3.29. The van der Waals surface area contributed by atoms with Crippen molar-refractivity contribution in [2.75, 3.05) is 13.1 Å². The van der Waals surface area contributed by atoms with E-state index in [1.54, 1.807) is 0 Å². The molecule has 0 bridgehead atoms. The average Bonchev–Trinajstić information content (AvgIpc) is 2.51. The second-order valence-corrected chi connectivity index (χ2v) is 8.46. The Morgan fingerprint density at radius 3 is 2.33 bits per heavy atom. The normalized spacial score (nSPS) is 21.5. The van der Waals surface area contributed by atoms with Gasteiger partial charge in [-0.3, -0.25) is 0 Å². The Morgan fingerprint density at radius 1 is 1.12 bits per heavy atom. The van der Waals surface area contributed by atoms with Crippen molar-refractivity contribution in [1.29, 1.82) is 0 Å². The van der Waals surface area contributed by atoms with Crippen molar-refractivity contribution < 1.29 is 26.3 Å². The van der Waals surface area contributed by atoms with E-state index in [0.717, 1.165) is 31.4 Å². The fraction of sp³-hybridized carbons (Fsp3) is 0.667. The van der Waals surface area contributed by atoms with Gasteiger partial charge in [-0.15, -0.1) is 0 Å². The number of rotatable bonds is 4. The third kappa shape index (κ3) is 3.66. The molecule has 0 spiro atoms. The van der Waals surface area contributed by atoms with E-state index < -0.39 is 21.8 Å². The fourth-order valence-corrected chi connectivity index (χ4v) is 5.14. The average molecular weight is 364 g/mol. The molecule has 0 radical (unpaired) electrons. The number of hydrogen-bond acceptors (Lipinski definition) is 4. The molecule has 1 saturated carbocycles. The Kier molecular flexibility index (Phi) is 4.74. The number of alkyl halides is 3. The van der Waals surface area contributed by atoms with Crippen molar-refractivity contribution in [2.24, 2.45) is 0 Å². The number of sulfonamides is 1. The number of hydrogen-bond donors (Lipinski definition) is 0. The van der Waals surface area contributed by atoms with E-state index in [1.807, 2.05) is 0 Å². The van der Waals surface area contributed by atoms with Gasteiger partial charge in [0.05, 0.1) is 23.9 Å². The van der Waals surface area contributed by atoms with Crippen LogP contribution >= 0.6 is 0 Å². The van der Waals surface area contributed by atoms with Gasteiger partial charge >= 0.3 is 6.18 Å². The van der Waals surface area contributed by atoms with Crippen LogP contribution in [0.5, 0.6) is 5.88 Å². The molecule has 3 rings (SSSR count). The van der Waals surface area contributed by atoms with Crippen LogP contribution in [-0.2, 0) is 16.2 Å². The number of nitrogens with zero attached hydrogens (tertiary/aromatic N) is 2. The van der Waals surface area contributed by atoms with Gasteiger partial charge in [0.25, 0.3) is 0 Å². The molecule has 2 heterocycles. The molecule has 1 aromatic heterocycles. The minimum Gasteiger partial charge on any atom is -0.472 e. The summed E-state index contributed by atoms with van der Waals surface area (Å²) in [6.07, 6.45) is 0.262. The second-order valence-electron chi connectivity index (χ2n) is 6.24. The van der Waals surface area contributed by atoms with Gasteiger partial charge in [0.2, 0.25) is 15.9 Å². The molecule has 2 aliphatic rings. The molecule has 0 N–H and O–H groups in total. The first-order valence-corrected chi connectivity index (χ1v) is 9.46. The zero-order valence-corrected chi connectivity index (χ0v) is 13.8. The molecule has 1 saturated heterocycles. The fourth-order valence-electron chi connectivity index (χ4n) is 3.05. The summed E-state index contributed by atoms with van der Waals surface area (Å²) in [6.45, 7) is 0.447. The maximum absolute atomic E-state index is 12.5. The highest BCUT2D eigenvalue weighted by Crippen LogP contribution is 2.31. The van der Waals surface area contributed by atoms with Crippen LogP contribution in [0.15, 0.2) is 18.3 Å². The summed E-state index contributed by atoms with van der Waals surface area (Å²) in [5.74, 6) is 0.0720. The lowest BCUT2D eigenvalue weighted by Crippen LogP contribution is -2.58. The van der Waals surface area contributed by atoms with E-state index in [9.17, 15) is 21.6 Å². The Balaban J connectivity index is 1.53. The molecule has 2 fully saturated rings. The van der Waals surface area contributed by atoms with Crippen LogP contribution in [0.2, 0.25) is 0 Å². The molecular weight excluding hydrogens is 345 g/mol. The lowest BCUT2D eigenvalue weighted by Gasteiger charge is -2.40. The van der Waals surface area contributed by atoms with Crippen LogP contribution in [0.1, 0.15) is 37.7 Å². The van der Waals surface area contributed by atoms with Crippen molar-refractivity contribution in [3.8, 4) is 5.88 Å². The minimum absolute atomic E-state index is 0.0720. The van der Waals surface area contributed by atoms with Crippen molar-refractivity contribution in [3.05, 3.63) is 23.9 Å². The monoisotopic (exact) mass is 364 g/mol. The van der Waals surface area contributed by atoms with E-state index in [2.05, 4.69) is 4.98 Å². The molecule has 5 nitrogen and oxygen atoms in total. The zero-order valence-electron chi connectivity index (χ0n) is 13.0. The zero-order chi connectivity index (χ0) is 17.4. The van der Waals surface area contributed by atoms with E-state index in [0.29, 0.717) is 19.0 Å². The predicted molar refractivity (Wildman–Crippen MR) is 81.0 cm³/mol. The third-order valence-corrected chi connectivity index (χ3v) is 6.83. The predicted octanol–water partition coefficient (Wildman–Crippen LogP) is 2.83. The third-order valence-electron chi connectivity index (χ3n) is 4.50. The van der Waals surface area contributed by atoms with Gasteiger partial charge in [-0.1, -0.05) is 19.3 Å². The van der Waals surface area contributed by atoms with Gasteiger partial charge in [-0.05, 0) is 18.9 Å². The van der Waals surface area contributed by atoms with Gasteiger partial charge in [0, 0.05) is 12.3 Å². The lowest BCUT2D eigenvalue weighted by atomic mass is 10.0. The van der Waals surface area contributed by atoms with E-state index in [4.69, 9.17) is 4.74 Å². The molecule has 134 valence electrons. The number of pyridine rings is 1. The maximum atomic E-state index is 12.5. The highest BCUT2D eigenvalue weighted by molar-refractivity contribution is 7.89. The first kappa shape index (κ1) is 17.5. The molecule has 0 amide bonds. The quantitative estimate of drug-likeness (QED) is 0.824. The van der Waals surface area contributed by atoms with Gasteiger partial charge < -0.3 is 4.74 Å². The lowest BCUT2D eigenvalue weighted by molar-refractivity contribution is -0.137. The number of halogens is 3. The second kappa shape index (κ2) is 6.51. The highest BCUT2D eigenvalue weighted by Gasteiger charge is 2.41. The van der Waals surface area contributed by atoms with Crippen LogP contribution in [0.4, 0.5) is 13.2 Å². The number of aromatic nitrogens is 1. The molecule has 0 atom stereocenters. The smallest absolute Gasteiger partial charge is 0.417 e. The number of ether oxygens (including phenoxy) is 1. The molecule has 9 heteroatoms. The first-order chi connectivity index (χ1) is 11.3. The van der Waals surface area contributed by atoms with Crippen molar-refractivity contribution in [1.82, 2.24) is 9.29 Å². The maximum Gasteiger partial charge on any atom is 0.417 e.